The number of hydrogen-bond acceptors (Lipinski definition) is 4. The lowest BCUT2D eigenvalue weighted by Gasteiger charge is -2.12. The number of halogens is 1. The van der Waals surface area contributed by atoms with Crippen LogP contribution in [0.1, 0.15) is 13.3 Å². The Labute approximate surface area is 164 Å². The number of amides is 1. The molecule has 1 N–H and O–H groups in total. The molecule has 1 aromatic heterocycles. The molecule has 0 fully saturated rings. The largest absolute Gasteiger partial charge is 0.325 e. The van der Waals surface area contributed by atoms with Gasteiger partial charge < -0.3 is 5.32 Å². The summed E-state index contributed by atoms with van der Waals surface area (Å²) in [6.07, 6.45) is 0.817. The summed E-state index contributed by atoms with van der Waals surface area (Å²) >= 11 is 4.66. The first-order chi connectivity index (χ1) is 12.6. The van der Waals surface area contributed by atoms with Gasteiger partial charge in [-0.2, -0.15) is 0 Å². The van der Waals surface area contributed by atoms with Gasteiger partial charge in [0, 0.05) is 16.7 Å². The van der Waals surface area contributed by atoms with Crippen molar-refractivity contribution in [2.75, 3.05) is 11.1 Å². The van der Waals surface area contributed by atoms with Crippen molar-refractivity contribution in [2.24, 2.45) is 0 Å². The number of carbonyl (C=O) groups is 1. The van der Waals surface area contributed by atoms with Crippen molar-refractivity contribution in [3.63, 3.8) is 0 Å². The van der Waals surface area contributed by atoms with E-state index >= 15 is 0 Å². The Morgan fingerprint density at radius 2 is 2.04 bits per heavy atom. The standard InChI is InChI=1S/C19H18BrN3O2S/c1-2-10-23-18(25)15-8-3-4-9-16(15)22-19(23)26-12-17(24)21-14-7-5-6-13(20)11-14/h3-9,11H,2,10,12H2,1H3,(H,21,24). The van der Waals surface area contributed by atoms with Crippen molar-refractivity contribution in [2.45, 2.75) is 25.0 Å². The zero-order valence-corrected chi connectivity index (χ0v) is 16.6. The molecule has 0 atom stereocenters. The third kappa shape index (κ3) is 4.34. The third-order valence-corrected chi connectivity index (χ3v) is 5.18. The molecule has 3 aromatic rings. The van der Waals surface area contributed by atoms with Gasteiger partial charge in [0.2, 0.25) is 5.91 Å². The molecule has 0 saturated heterocycles. The summed E-state index contributed by atoms with van der Waals surface area (Å²) in [4.78, 5) is 29.6. The Hall–Kier alpha value is -2.12. The first-order valence-electron chi connectivity index (χ1n) is 8.26. The van der Waals surface area contributed by atoms with E-state index in [0.29, 0.717) is 22.6 Å². The second-order valence-corrected chi connectivity index (χ2v) is 7.57. The van der Waals surface area contributed by atoms with Gasteiger partial charge in [0.15, 0.2) is 5.16 Å². The number of hydrogen-bond donors (Lipinski definition) is 1. The van der Waals surface area contributed by atoms with E-state index in [0.717, 1.165) is 16.6 Å². The minimum atomic E-state index is -0.140. The van der Waals surface area contributed by atoms with Gasteiger partial charge >= 0.3 is 0 Å². The predicted octanol–water partition coefficient (Wildman–Crippen LogP) is 4.30. The molecule has 26 heavy (non-hydrogen) atoms. The van der Waals surface area contributed by atoms with Gasteiger partial charge in [0.25, 0.3) is 5.56 Å². The maximum absolute atomic E-state index is 12.7. The molecule has 1 heterocycles. The van der Waals surface area contributed by atoms with Gasteiger partial charge in [0.1, 0.15) is 0 Å². The summed E-state index contributed by atoms with van der Waals surface area (Å²) in [5.41, 5.74) is 1.31. The van der Waals surface area contributed by atoms with Crippen LogP contribution in [0.25, 0.3) is 10.9 Å². The lowest BCUT2D eigenvalue weighted by atomic mass is 10.2. The van der Waals surface area contributed by atoms with Crippen LogP contribution in [-0.4, -0.2) is 21.2 Å². The van der Waals surface area contributed by atoms with Crippen molar-refractivity contribution < 1.29 is 4.79 Å². The van der Waals surface area contributed by atoms with Crippen LogP contribution in [0.15, 0.2) is 63.0 Å². The van der Waals surface area contributed by atoms with Gasteiger partial charge in [-0.05, 0) is 36.8 Å². The molecule has 3 rings (SSSR count). The topological polar surface area (TPSA) is 64.0 Å². The molecule has 0 radical (unpaired) electrons. The Kier molecular flexibility index (Phi) is 6.11. The van der Waals surface area contributed by atoms with Crippen LogP contribution < -0.4 is 10.9 Å². The van der Waals surface area contributed by atoms with Crippen molar-refractivity contribution in [1.29, 1.82) is 0 Å². The molecule has 2 aromatic carbocycles. The number of aromatic nitrogens is 2. The lowest BCUT2D eigenvalue weighted by molar-refractivity contribution is -0.113. The van der Waals surface area contributed by atoms with Crippen molar-refractivity contribution >= 4 is 50.2 Å². The maximum atomic E-state index is 12.7. The quantitative estimate of drug-likeness (QED) is 0.466. The fourth-order valence-electron chi connectivity index (χ4n) is 2.57. The molecule has 0 bridgehead atoms. The predicted molar refractivity (Wildman–Crippen MR) is 110 cm³/mol. The third-order valence-electron chi connectivity index (χ3n) is 3.71. The van der Waals surface area contributed by atoms with E-state index in [1.165, 1.54) is 11.8 Å². The molecule has 134 valence electrons. The molecule has 1 amide bonds. The summed E-state index contributed by atoms with van der Waals surface area (Å²) in [6.45, 7) is 2.59. The monoisotopic (exact) mass is 431 g/mol. The minimum absolute atomic E-state index is 0.0626. The minimum Gasteiger partial charge on any atom is -0.325 e. The molecule has 0 spiro atoms. The van der Waals surface area contributed by atoms with E-state index in [-0.39, 0.29) is 17.2 Å². The summed E-state index contributed by atoms with van der Waals surface area (Å²) in [5.74, 6) is 0.0413. The Morgan fingerprint density at radius 3 is 2.81 bits per heavy atom. The summed E-state index contributed by atoms with van der Waals surface area (Å²) < 4.78 is 2.55. The second-order valence-electron chi connectivity index (χ2n) is 5.72. The number of anilines is 1. The van der Waals surface area contributed by atoms with Crippen LogP contribution in [0.2, 0.25) is 0 Å². The average molecular weight is 432 g/mol. The smallest absolute Gasteiger partial charge is 0.262 e. The molecule has 0 saturated carbocycles. The van der Waals surface area contributed by atoms with Gasteiger partial charge in [0.05, 0.1) is 16.7 Å². The van der Waals surface area contributed by atoms with E-state index in [4.69, 9.17) is 0 Å². The highest BCUT2D eigenvalue weighted by atomic mass is 79.9. The maximum Gasteiger partial charge on any atom is 0.262 e. The fourth-order valence-corrected chi connectivity index (χ4v) is 3.80. The second kappa shape index (κ2) is 8.51. The zero-order chi connectivity index (χ0) is 18.5. The molecule has 0 aliphatic heterocycles. The average Bonchev–Trinajstić information content (AvgIpc) is 2.63. The van der Waals surface area contributed by atoms with Crippen molar-refractivity contribution in [3.05, 3.63) is 63.4 Å². The Morgan fingerprint density at radius 1 is 1.23 bits per heavy atom. The SMILES string of the molecule is CCCn1c(SCC(=O)Nc2cccc(Br)c2)nc2ccccc2c1=O. The molecular weight excluding hydrogens is 414 g/mol. The van der Waals surface area contributed by atoms with E-state index in [1.807, 2.05) is 49.4 Å². The Balaban J connectivity index is 1.80. The lowest BCUT2D eigenvalue weighted by Crippen LogP contribution is -2.24. The summed E-state index contributed by atoms with van der Waals surface area (Å²) in [5, 5.41) is 4.02. The highest BCUT2D eigenvalue weighted by Crippen LogP contribution is 2.20. The number of fused-ring (bicyclic) bond motifs is 1. The highest BCUT2D eigenvalue weighted by Gasteiger charge is 2.13. The number of para-hydroxylation sites is 1. The van der Waals surface area contributed by atoms with Crippen LogP contribution in [0.4, 0.5) is 5.69 Å². The van der Waals surface area contributed by atoms with Crippen LogP contribution in [0.3, 0.4) is 0 Å². The van der Waals surface area contributed by atoms with Gasteiger partial charge in [-0.25, -0.2) is 4.98 Å². The number of nitrogens with zero attached hydrogens (tertiary/aromatic N) is 2. The number of benzene rings is 2. The number of carbonyl (C=O) groups excluding carboxylic acids is 1. The van der Waals surface area contributed by atoms with Gasteiger partial charge in [-0.3, -0.25) is 14.2 Å². The normalized spacial score (nSPS) is 10.8. The number of thioether (sulfide) groups is 1. The van der Waals surface area contributed by atoms with Crippen molar-refractivity contribution in [3.8, 4) is 0 Å². The molecular formula is C19H18BrN3O2S. The number of rotatable bonds is 6. The molecule has 0 aliphatic rings. The van der Waals surface area contributed by atoms with Crippen LogP contribution in [0.5, 0.6) is 0 Å². The molecule has 0 unspecified atom stereocenters. The first kappa shape index (κ1) is 18.7. The highest BCUT2D eigenvalue weighted by molar-refractivity contribution is 9.10. The Bertz CT molecular complexity index is 1000. The van der Waals surface area contributed by atoms with Crippen LogP contribution in [-0.2, 0) is 11.3 Å². The van der Waals surface area contributed by atoms with Gasteiger partial charge in [-0.15, -0.1) is 0 Å². The summed E-state index contributed by atoms with van der Waals surface area (Å²) in [7, 11) is 0. The van der Waals surface area contributed by atoms with E-state index in [1.54, 1.807) is 10.6 Å². The first-order valence-corrected chi connectivity index (χ1v) is 10.0. The summed E-state index contributed by atoms with van der Waals surface area (Å²) in [6, 6.07) is 14.7. The number of nitrogens with one attached hydrogen (secondary N) is 1. The zero-order valence-electron chi connectivity index (χ0n) is 14.2. The van der Waals surface area contributed by atoms with E-state index < -0.39 is 0 Å². The van der Waals surface area contributed by atoms with E-state index in [2.05, 4.69) is 26.2 Å². The van der Waals surface area contributed by atoms with Gasteiger partial charge in [-0.1, -0.05) is 52.8 Å². The van der Waals surface area contributed by atoms with E-state index in [9.17, 15) is 9.59 Å². The van der Waals surface area contributed by atoms with Crippen LogP contribution >= 0.6 is 27.7 Å². The van der Waals surface area contributed by atoms with Crippen LogP contribution in [0, 0.1) is 0 Å². The molecule has 0 aliphatic carbocycles. The molecule has 5 nitrogen and oxygen atoms in total. The molecule has 7 heteroatoms. The van der Waals surface area contributed by atoms with Crippen molar-refractivity contribution in [1.82, 2.24) is 9.55 Å². The fraction of sp³-hybridized carbons (Fsp3) is 0.211.